The maximum absolute atomic E-state index is 13.4. The fraction of sp³-hybridized carbons (Fsp3) is 0.960. The second-order valence-corrected chi connectivity index (χ2v) is 18.2. The Balaban J connectivity index is 2.15. The fourth-order valence-electron chi connectivity index (χ4n) is 8.75. The van der Waals surface area contributed by atoms with Gasteiger partial charge in [-0.2, -0.15) is 0 Å². The predicted octanol–water partition coefficient (Wildman–Crippen LogP) is 13.3. The Labute approximate surface area is 357 Å². The molecule has 8 heteroatoms. The van der Waals surface area contributed by atoms with Crippen LogP contribution in [0, 0.1) is 5.92 Å². The second kappa shape index (κ2) is 41.1. The van der Waals surface area contributed by atoms with Gasteiger partial charge in [0, 0.05) is 6.42 Å². The third-order valence-corrected chi connectivity index (χ3v) is 12.7. The summed E-state index contributed by atoms with van der Waals surface area (Å²) in [5.41, 5.74) is 0. The van der Waals surface area contributed by atoms with Crippen molar-refractivity contribution in [2.75, 3.05) is 13.2 Å². The molecule has 0 amide bonds. The molecule has 1 aliphatic heterocycles. The first-order valence-electron chi connectivity index (χ1n) is 25.4. The second-order valence-electron chi connectivity index (χ2n) is 18.2. The minimum absolute atomic E-state index is 0.0262. The molecule has 1 rings (SSSR count). The van der Waals surface area contributed by atoms with Crippen LogP contribution in [0.2, 0.25) is 0 Å². The van der Waals surface area contributed by atoms with Gasteiger partial charge in [-0.15, -0.1) is 0 Å². The van der Waals surface area contributed by atoms with Crippen LogP contribution in [0.5, 0.6) is 0 Å². The minimum atomic E-state index is -1.17. The summed E-state index contributed by atoms with van der Waals surface area (Å²) in [6.07, 6.45) is 45.4. The molecule has 1 aliphatic rings. The van der Waals surface area contributed by atoms with Gasteiger partial charge in [0.25, 0.3) is 0 Å². The first-order valence-corrected chi connectivity index (χ1v) is 25.4. The summed E-state index contributed by atoms with van der Waals surface area (Å²) in [7, 11) is 0. The van der Waals surface area contributed by atoms with Crippen LogP contribution in [0.3, 0.4) is 0 Å². The Morgan fingerprint density at radius 3 is 1.10 bits per heavy atom. The number of aliphatic hydroxyl groups excluding tert-OH is 3. The Hall–Kier alpha value is -1.22. The molecule has 5 atom stereocenters. The van der Waals surface area contributed by atoms with E-state index in [1.54, 1.807) is 0 Å². The summed E-state index contributed by atoms with van der Waals surface area (Å²) >= 11 is 0. The van der Waals surface area contributed by atoms with E-state index in [0.717, 1.165) is 57.8 Å². The lowest BCUT2D eigenvalue weighted by Gasteiger charge is -2.26. The number of carboxylic acid groups (broad SMARTS) is 1. The minimum Gasteiger partial charge on any atom is -0.481 e. The molecule has 0 spiro atoms. The van der Waals surface area contributed by atoms with Crippen LogP contribution in [0.4, 0.5) is 0 Å². The number of carbonyl (C=O) groups is 2. The van der Waals surface area contributed by atoms with E-state index in [4.69, 9.17) is 14.6 Å². The van der Waals surface area contributed by atoms with E-state index in [9.17, 15) is 24.9 Å². The van der Waals surface area contributed by atoms with Gasteiger partial charge in [-0.1, -0.05) is 238 Å². The number of carboxylic acids is 1. The molecule has 0 bridgehead atoms. The summed E-state index contributed by atoms with van der Waals surface area (Å²) in [5, 5.41) is 38.9. The van der Waals surface area contributed by atoms with E-state index >= 15 is 0 Å². The first-order chi connectivity index (χ1) is 28.4. The number of rotatable bonds is 45. The predicted molar refractivity (Wildman–Crippen MR) is 240 cm³/mol. The van der Waals surface area contributed by atoms with Crippen molar-refractivity contribution in [2.45, 2.75) is 288 Å². The third-order valence-electron chi connectivity index (χ3n) is 12.7. The van der Waals surface area contributed by atoms with Gasteiger partial charge in [-0.25, -0.2) is 0 Å². The summed E-state index contributed by atoms with van der Waals surface area (Å²) in [6.45, 7) is 1.82. The number of aliphatic hydroxyl groups is 3. The van der Waals surface area contributed by atoms with Crippen molar-refractivity contribution in [3.8, 4) is 0 Å². The van der Waals surface area contributed by atoms with Crippen LogP contribution in [0.25, 0.3) is 0 Å². The maximum atomic E-state index is 13.4. The lowest BCUT2D eigenvalue weighted by molar-refractivity contribution is -0.168. The molecule has 58 heavy (non-hydrogen) atoms. The number of carbonyl (C=O) groups excluding carboxylic acids is 1. The molecule has 1 unspecified atom stereocenters. The number of ether oxygens (including phenoxy) is 2. The van der Waals surface area contributed by atoms with Gasteiger partial charge in [0.15, 0.2) is 6.10 Å². The van der Waals surface area contributed by atoms with Crippen molar-refractivity contribution in [1.29, 1.82) is 0 Å². The van der Waals surface area contributed by atoms with E-state index in [1.807, 2.05) is 0 Å². The van der Waals surface area contributed by atoms with Gasteiger partial charge in [-0.05, 0) is 19.3 Å². The molecular formula is C50H96O8. The monoisotopic (exact) mass is 825 g/mol. The topological polar surface area (TPSA) is 134 Å². The molecule has 0 aromatic carbocycles. The molecule has 344 valence electrons. The van der Waals surface area contributed by atoms with Crippen LogP contribution < -0.4 is 0 Å². The Kier molecular flexibility index (Phi) is 38.9. The zero-order chi connectivity index (χ0) is 42.2. The first kappa shape index (κ1) is 54.8. The number of hydrogen-bond acceptors (Lipinski definition) is 7. The SMILES string of the molecule is CCCCCCCCCCCCCCCCCCCCCCCCC(CCCCCCCCCCCCCCCCCC(=O)O)C(=O)O[C@H](CO)[C@H]1OC[C@H](O)[C@H]1O. The van der Waals surface area contributed by atoms with Gasteiger partial charge in [0.2, 0.25) is 0 Å². The molecule has 4 N–H and O–H groups in total. The molecule has 1 fully saturated rings. The van der Waals surface area contributed by atoms with Crippen molar-refractivity contribution >= 4 is 11.9 Å². The fourth-order valence-corrected chi connectivity index (χ4v) is 8.75. The van der Waals surface area contributed by atoms with Crippen molar-refractivity contribution < 1.29 is 39.5 Å². The number of esters is 1. The quantitative estimate of drug-likeness (QED) is 0.0352. The van der Waals surface area contributed by atoms with Gasteiger partial charge >= 0.3 is 11.9 Å². The molecule has 0 saturated carbocycles. The molecule has 0 radical (unpaired) electrons. The summed E-state index contributed by atoms with van der Waals surface area (Å²) in [6, 6.07) is 0. The van der Waals surface area contributed by atoms with Crippen LogP contribution in [0.1, 0.15) is 264 Å². The number of unbranched alkanes of at least 4 members (excludes halogenated alkanes) is 35. The van der Waals surface area contributed by atoms with Crippen molar-refractivity contribution in [1.82, 2.24) is 0 Å². The lowest BCUT2D eigenvalue weighted by Crippen LogP contribution is -2.43. The van der Waals surface area contributed by atoms with E-state index < -0.39 is 37.0 Å². The van der Waals surface area contributed by atoms with Crippen LogP contribution >= 0.6 is 0 Å². The van der Waals surface area contributed by atoms with Gasteiger partial charge in [-0.3, -0.25) is 9.59 Å². The molecular weight excluding hydrogens is 729 g/mol. The van der Waals surface area contributed by atoms with E-state index in [-0.39, 0.29) is 18.5 Å². The lowest BCUT2D eigenvalue weighted by atomic mass is 9.93. The highest BCUT2D eigenvalue weighted by atomic mass is 16.6. The zero-order valence-electron chi connectivity index (χ0n) is 38.0. The summed E-state index contributed by atoms with van der Waals surface area (Å²) < 4.78 is 11.2. The van der Waals surface area contributed by atoms with Crippen LogP contribution in [0.15, 0.2) is 0 Å². The molecule has 0 aliphatic carbocycles. The van der Waals surface area contributed by atoms with Crippen molar-refractivity contribution in [2.24, 2.45) is 5.92 Å². The van der Waals surface area contributed by atoms with Crippen LogP contribution in [-0.2, 0) is 19.1 Å². The average Bonchev–Trinajstić information content (AvgIpc) is 3.55. The van der Waals surface area contributed by atoms with E-state index in [1.165, 1.54) is 193 Å². The Bertz CT molecular complexity index is 899. The summed E-state index contributed by atoms with van der Waals surface area (Å²) in [4.78, 5) is 23.9. The van der Waals surface area contributed by atoms with Gasteiger partial charge in [0.05, 0.1) is 19.1 Å². The smallest absolute Gasteiger partial charge is 0.309 e. The molecule has 8 nitrogen and oxygen atoms in total. The molecule has 0 aromatic rings. The highest BCUT2D eigenvalue weighted by molar-refractivity contribution is 5.72. The summed E-state index contributed by atoms with van der Waals surface area (Å²) in [5.74, 6) is -1.21. The zero-order valence-corrected chi connectivity index (χ0v) is 38.0. The molecule has 0 aromatic heterocycles. The number of aliphatic carboxylic acids is 1. The number of hydrogen-bond donors (Lipinski definition) is 4. The van der Waals surface area contributed by atoms with Crippen LogP contribution in [-0.4, -0.2) is 70.0 Å². The highest BCUT2D eigenvalue weighted by Crippen LogP contribution is 2.25. The van der Waals surface area contributed by atoms with Crippen molar-refractivity contribution in [3.05, 3.63) is 0 Å². The highest BCUT2D eigenvalue weighted by Gasteiger charge is 2.42. The Morgan fingerprint density at radius 1 is 0.517 bits per heavy atom. The van der Waals surface area contributed by atoms with Gasteiger partial charge in [0.1, 0.15) is 18.3 Å². The van der Waals surface area contributed by atoms with E-state index in [0.29, 0.717) is 6.42 Å². The van der Waals surface area contributed by atoms with Gasteiger partial charge < -0.3 is 29.9 Å². The van der Waals surface area contributed by atoms with Crippen molar-refractivity contribution in [3.63, 3.8) is 0 Å². The van der Waals surface area contributed by atoms with E-state index in [2.05, 4.69) is 6.92 Å². The standard InChI is InChI=1S/C50H96O8/c1-2-3-4-5-6-7-8-9-10-11-12-13-14-15-16-18-21-24-27-30-33-36-39-44(50(56)58-46(42-51)49-48(55)45(52)43-57-49)40-37-34-31-28-25-22-19-17-20-23-26-29-32-35-38-41-47(53)54/h44-46,48-49,51-52,55H,2-43H2,1H3,(H,53,54)/t44?,45-,46+,48+,49+/m0/s1. The Morgan fingerprint density at radius 2 is 0.828 bits per heavy atom. The molecule has 1 heterocycles. The third kappa shape index (κ3) is 32.5. The normalized spacial score (nSPS) is 17.8. The molecule has 1 saturated heterocycles. The largest absolute Gasteiger partial charge is 0.481 e. The maximum Gasteiger partial charge on any atom is 0.309 e. The average molecular weight is 825 g/mol.